The summed E-state index contributed by atoms with van der Waals surface area (Å²) in [5, 5.41) is 30.8. The number of nitrogens with one attached hydrogen (secondary N) is 1. The number of benzene rings is 2. The van der Waals surface area contributed by atoms with Gasteiger partial charge in [0.25, 0.3) is 5.91 Å². The summed E-state index contributed by atoms with van der Waals surface area (Å²) in [5.41, 5.74) is -0.508. The zero-order valence-corrected chi connectivity index (χ0v) is 15.6. The molecule has 0 radical (unpaired) electrons. The van der Waals surface area contributed by atoms with Crippen molar-refractivity contribution in [2.24, 2.45) is 0 Å². The molecule has 0 saturated carbocycles. The molecule has 1 aliphatic heterocycles. The maximum Gasteiger partial charge on any atom is 0.281 e. The van der Waals surface area contributed by atoms with Crippen molar-refractivity contribution in [3.8, 4) is 0 Å². The summed E-state index contributed by atoms with van der Waals surface area (Å²) in [6, 6.07) is 15.8. The van der Waals surface area contributed by atoms with Crippen LogP contribution in [0.2, 0.25) is 0 Å². The zero-order valence-electron chi connectivity index (χ0n) is 15.6. The number of epoxide rings is 1. The second kappa shape index (κ2) is 7.44. The van der Waals surface area contributed by atoms with Crippen molar-refractivity contribution in [1.29, 1.82) is 0 Å². The molecule has 1 amide bonds. The van der Waals surface area contributed by atoms with Gasteiger partial charge in [0.1, 0.15) is 17.8 Å². The van der Waals surface area contributed by atoms with E-state index in [0.29, 0.717) is 11.1 Å². The Balaban J connectivity index is 1.85. The fourth-order valence-corrected chi connectivity index (χ4v) is 3.34. The lowest BCUT2D eigenvalue weighted by Gasteiger charge is -2.31. The number of hydroxylamine groups is 1. The van der Waals surface area contributed by atoms with Gasteiger partial charge in [0.15, 0.2) is 5.78 Å². The molecule has 1 saturated heterocycles. The van der Waals surface area contributed by atoms with E-state index in [1.807, 2.05) is 19.1 Å². The fraction of sp³-hybridized carbons (Fsp3) is 0.333. The Labute approximate surface area is 162 Å². The molecule has 7 nitrogen and oxygen atoms in total. The molecule has 1 fully saturated rings. The van der Waals surface area contributed by atoms with E-state index in [9.17, 15) is 19.8 Å². The van der Waals surface area contributed by atoms with Gasteiger partial charge in [0, 0.05) is 6.42 Å². The molecule has 2 aromatic carbocycles. The Morgan fingerprint density at radius 3 is 2.36 bits per heavy atom. The van der Waals surface area contributed by atoms with Crippen LogP contribution in [0.3, 0.4) is 0 Å². The summed E-state index contributed by atoms with van der Waals surface area (Å²) >= 11 is 0. The van der Waals surface area contributed by atoms with Crippen LogP contribution in [0.5, 0.6) is 0 Å². The van der Waals surface area contributed by atoms with Gasteiger partial charge in [-0.2, -0.15) is 0 Å². The zero-order chi connectivity index (χ0) is 20.5. The molecular weight excluding hydrogens is 362 g/mol. The van der Waals surface area contributed by atoms with E-state index in [4.69, 9.17) is 9.94 Å². The maximum atomic E-state index is 12.7. The quantitative estimate of drug-likeness (QED) is 0.323. The van der Waals surface area contributed by atoms with Gasteiger partial charge in [0.05, 0.1) is 0 Å². The molecule has 1 heterocycles. The average Bonchev–Trinajstić information content (AvgIpc) is 3.46. The Hall–Kier alpha value is -2.58. The average molecular weight is 385 g/mol. The molecule has 3 rings (SSSR count). The van der Waals surface area contributed by atoms with Crippen molar-refractivity contribution in [2.75, 3.05) is 0 Å². The van der Waals surface area contributed by atoms with Crippen molar-refractivity contribution >= 4 is 11.7 Å². The molecule has 0 aromatic heterocycles. The lowest BCUT2D eigenvalue weighted by molar-refractivity contribution is -0.161. The van der Waals surface area contributed by atoms with Crippen LogP contribution >= 0.6 is 0 Å². The third-order valence-electron chi connectivity index (χ3n) is 5.19. The first kappa shape index (κ1) is 20.2. The van der Waals surface area contributed by atoms with Gasteiger partial charge in [-0.25, -0.2) is 5.48 Å². The van der Waals surface area contributed by atoms with Crippen molar-refractivity contribution < 1.29 is 29.7 Å². The van der Waals surface area contributed by atoms with Crippen LogP contribution in [0, 0.1) is 6.92 Å². The van der Waals surface area contributed by atoms with Crippen LogP contribution in [0.25, 0.3) is 0 Å². The Morgan fingerprint density at radius 2 is 1.79 bits per heavy atom. The number of ketones is 1. The molecule has 0 aliphatic carbocycles. The number of hydrogen-bond donors (Lipinski definition) is 4. The second-order valence-electron chi connectivity index (χ2n) is 7.28. The molecule has 28 heavy (non-hydrogen) atoms. The lowest BCUT2D eigenvalue weighted by atomic mass is 9.79. The highest BCUT2D eigenvalue weighted by molar-refractivity contribution is 5.94. The van der Waals surface area contributed by atoms with Gasteiger partial charge < -0.3 is 14.9 Å². The van der Waals surface area contributed by atoms with Gasteiger partial charge in [-0.15, -0.1) is 0 Å². The highest BCUT2D eigenvalue weighted by atomic mass is 16.6. The summed E-state index contributed by atoms with van der Waals surface area (Å²) in [6.45, 7) is 3.06. The largest absolute Gasteiger partial charge is 0.386 e. The number of aliphatic hydroxyl groups excluding tert-OH is 1. The standard InChI is InChI=1S/C21H23NO6/c1-13-8-10-14(11-9-13)12-16(23)20(2,26)18(24)21(19(25)22-27)17(28-21)15-6-4-3-5-7-15/h3-11,17-18,24,26-27H,12H2,1-2H3,(H,22,25)/t17?,18-,20+,21+/m0/s1. The van der Waals surface area contributed by atoms with E-state index in [1.54, 1.807) is 42.5 Å². The monoisotopic (exact) mass is 385 g/mol. The van der Waals surface area contributed by atoms with Crippen molar-refractivity contribution in [1.82, 2.24) is 5.48 Å². The molecule has 148 valence electrons. The summed E-state index contributed by atoms with van der Waals surface area (Å²) in [6.07, 6.45) is -2.93. The van der Waals surface area contributed by atoms with Crippen LogP contribution in [0.1, 0.15) is 29.7 Å². The molecule has 4 atom stereocenters. The molecule has 1 aliphatic rings. The van der Waals surface area contributed by atoms with E-state index < -0.39 is 35.1 Å². The van der Waals surface area contributed by atoms with Crippen molar-refractivity contribution in [3.63, 3.8) is 0 Å². The second-order valence-corrected chi connectivity index (χ2v) is 7.28. The Kier molecular flexibility index (Phi) is 5.36. The van der Waals surface area contributed by atoms with E-state index in [0.717, 1.165) is 12.5 Å². The first-order valence-electron chi connectivity index (χ1n) is 8.90. The van der Waals surface area contributed by atoms with E-state index in [-0.39, 0.29) is 6.42 Å². The summed E-state index contributed by atoms with van der Waals surface area (Å²) < 4.78 is 5.47. The van der Waals surface area contributed by atoms with Crippen LogP contribution in [-0.4, -0.2) is 44.4 Å². The third-order valence-corrected chi connectivity index (χ3v) is 5.19. The van der Waals surface area contributed by atoms with Gasteiger partial charge in [-0.3, -0.25) is 14.8 Å². The molecule has 0 spiro atoms. The van der Waals surface area contributed by atoms with Crippen LogP contribution in [0.15, 0.2) is 54.6 Å². The number of aryl methyl sites for hydroxylation is 1. The number of carbonyl (C=O) groups excluding carboxylic acids is 2. The number of amides is 1. The number of hydrogen-bond acceptors (Lipinski definition) is 6. The predicted octanol–water partition coefficient (Wildman–Crippen LogP) is 1.23. The molecule has 1 unspecified atom stereocenters. The number of Topliss-reactive ketones (excluding diaryl/α,β-unsaturated/α-hetero) is 1. The minimum Gasteiger partial charge on any atom is -0.386 e. The number of rotatable bonds is 7. The van der Waals surface area contributed by atoms with Crippen molar-refractivity contribution in [3.05, 3.63) is 71.3 Å². The fourth-order valence-electron chi connectivity index (χ4n) is 3.34. The Bertz CT molecular complexity index is 864. The summed E-state index contributed by atoms with van der Waals surface area (Å²) in [7, 11) is 0. The summed E-state index contributed by atoms with van der Waals surface area (Å²) in [5.74, 6) is -1.70. The first-order valence-corrected chi connectivity index (χ1v) is 8.90. The number of ether oxygens (including phenoxy) is 1. The third kappa shape index (κ3) is 3.45. The molecule has 0 bridgehead atoms. The highest BCUT2D eigenvalue weighted by Gasteiger charge is 2.72. The van der Waals surface area contributed by atoms with Gasteiger partial charge in [0.2, 0.25) is 5.60 Å². The number of carbonyl (C=O) groups is 2. The minimum atomic E-state index is -2.28. The van der Waals surface area contributed by atoms with E-state index >= 15 is 0 Å². The van der Waals surface area contributed by atoms with Gasteiger partial charge in [-0.05, 0) is 25.0 Å². The summed E-state index contributed by atoms with van der Waals surface area (Å²) in [4.78, 5) is 25.0. The molecule has 7 heteroatoms. The molecule has 2 aromatic rings. The maximum absolute atomic E-state index is 12.7. The molecule has 4 N–H and O–H groups in total. The topological polar surface area (TPSA) is 119 Å². The van der Waals surface area contributed by atoms with Crippen LogP contribution < -0.4 is 5.48 Å². The highest BCUT2D eigenvalue weighted by Crippen LogP contribution is 2.54. The Morgan fingerprint density at radius 1 is 1.18 bits per heavy atom. The van der Waals surface area contributed by atoms with Crippen LogP contribution in [-0.2, 0) is 20.7 Å². The van der Waals surface area contributed by atoms with Gasteiger partial charge in [-0.1, -0.05) is 60.2 Å². The minimum absolute atomic E-state index is 0.128. The molecular formula is C21H23NO6. The van der Waals surface area contributed by atoms with Crippen molar-refractivity contribution in [2.45, 2.75) is 43.7 Å². The van der Waals surface area contributed by atoms with E-state index in [2.05, 4.69) is 0 Å². The smallest absolute Gasteiger partial charge is 0.281 e. The predicted molar refractivity (Wildman–Crippen MR) is 99.4 cm³/mol. The first-order chi connectivity index (χ1) is 13.2. The van der Waals surface area contributed by atoms with Crippen LogP contribution in [0.4, 0.5) is 0 Å². The normalized spacial score (nSPS) is 24.1. The van der Waals surface area contributed by atoms with Gasteiger partial charge >= 0.3 is 0 Å². The lowest BCUT2D eigenvalue weighted by Crippen LogP contribution is -2.59. The van der Waals surface area contributed by atoms with E-state index in [1.165, 1.54) is 5.48 Å². The number of aliphatic hydroxyl groups is 2. The SMILES string of the molecule is Cc1ccc(CC(=O)[C@@](C)(O)[C@H](O)[C@]2(C(=O)NO)OC2c2ccccc2)cc1.